The van der Waals surface area contributed by atoms with E-state index in [1.807, 2.05) is 0 Å². The highest BCUT2D eigenvalue weighted by molar-refractivity contribution is 7.88. The first-order valence-electron chi connectivity index (χ1n) is 5.50. The summed E-state index contributed by atoms with van der Waals surface area (Å²) in [6.45, 7) is 0. The van der Waals surface area contributed by atoms with Crippen molar-refractivity contribution in [3.63, 3.8) is 0 Å². The zero-order valence-electron chi connectivity index (χ0n) is 10.0. The Hall–Kier alpha value is -2.36. The number of halogens is 3. The Balaban J connectivity index is 2.13. The molecule has 0 bridgehead atoms. The molecule has 0 aliphatic rings. The van der Waals surface area contributed by atoms with Gasteiger partial charge in [-0.25, -0.2) is 4.98 Å². The van der Waals surface area contributed by atoms with Crippen LogP contribution >= 0.6 is 0 Å². The van der Waals surface area contributed by atoms with Crippen LogP contribution in [0.1, 0.15) is 0 Å². The van der Waals surface area contributed by atoms with Crippen molar-refractivity contribution in [1.29, 1.82) is 0 Å². The van der Waals surface area contributed by atoms with Crippen molar-refractivity contribution in [3.05, 3.63) is 30.6 Å². The molecular weight excluding hydrogens is 311 g/mol. The van der Waals surface area contributed by atoms with Gasteiger partial charge >= 0.3 is 15.6 Å². The molecule has 0 unspecified atom stereocenters. The van der Waals surface area contributed by atoms with Crippen LogP contribution in [0, 0.1) is 0 Å². The second-order valence-electron chi connectivity index (χ2n) is 4.12. The standard InChI is InChI=1S/C11H6F3N3O3S/c12-11(13,14)21(18,19)20-7-2-1-6-4-15-10-9(5-16-17-10)8(6)3-7/h1-5H,(H,15,16,17). The minimum atomic E-state index is -5.70. The van der Waals surface area contributed by atoms with Gasteiger partial charge in [-0.1, -0.05) is 0 Å². The van der Waals surface area contributed by atoms with Gasteiger partial charge in [0.25, 0.3) is 0 Å². The number of nitrogens with zero attached hydrogens (tertiary/aromatic N) is 2. The van der Waals surface area contributed by atoms with Crippen LogP contribution in [0.2, 0.25) is 0 Å². The summed E-state index contributed by atoms with van der Waals surface area (Å²) in [4.78, 5) is 4.06. The molecule has 3 aromatic rings. The van der Waals surface area contributed by atoms with E-state index in [0.29, 0.717) is 21.8 Å². The monoisotopic (exact) mass is 317 g/mol. The zero-order valence-corrected chi connectivity index (χ0v) is 10.9. The lowest BCUT2D eigenvalue weighted by atomic mass is 10.1. The van der Waals surface area contributed by atoms with Crippen LogP contribution in [-0.4, -0.2) is 29.1 Å². The average molecular weight is 317 g/mol. The summed E-state index contributed by atoms with van der Waals surface area (Å²) in [5.41, 5.74) is -5.05. The van der Waals surface area contributed by atoms with Gasteiger partial charge in [0.2, 0.25) is 0 Å². The number of aromatic amines is 1. The number of nitrogens with one attached hydrogen (secondary N) is 1. The van der Waals surface area contributed by atoms with E-state index >= 15 is 0 Å². The SMILES string of the molecule is O=S(=O)(Oc1ccc2cnc3[nH]ncc3c2c1)C(F)(F)F. The molecule has 0 saturated carbocycles. The van der Waals surface area contributed by atoms with Crippen LogP contribution in [0.25, 0.3) is 21.8 Å². The maximum atomic E-state index is 12.3. The van der Waals surface area contributed by atoms with E-state index < -0.39 is 21.4 Å². The first-order chi connectivity index (χ1) is 9.78. The Morgan fingerprint density at radius 2 is 1.90 bits per heavy atom. The molecule has 0 aliphatic carbocycles. The lowest BCUT2D eigenvalue weighted by Crippen LogP contribution is -2.28. The van der Waals surface area contributed by atoms with Crippen molar-refractivity contribution < 1.29 is 25.8 Å². The summed E-state index contributed by atoms with van der Waals surface area (Å²) in [5.74, 6) is -0.437. The van der Waals surface area contributed by atoms with Gasteiger partial charge in [0, 0.05) is 17.0 Å². The van der Waals surface area contributed by atoms with Crippen LogP contribution in [0.3, 0.4) is 0 Å². The molecule has 3 rings (SSSR count). The van der Waals surface area contributed by atoms with Crippen LogP contribution in [0.5, 0.6) is 5.75 Å². The van der Waals surface area contributed by atoms with Crippen molar-refractivity contribution in [2.75, 3.05) is 0 Å². The number of rotatable bonds is 2. The van der Waals surface area contributed by atoms with E-state index in [4.69, 9.17) is 0 Å². The highest BCUT2D eigenvalue weighted by atomic mass is 32.2. The summed E-state index contributed by atoms with van der Waals surface area (Å²) >= 11 is 0. The number of hydrogen-bond donors (Lipinski definition) is 1. The molecule has 1 N–H and O–H groups in total. The molecule has 0 spiro atoms. The van der Waals surface area contributed by atoms with Crippen molar-refractivity contribution in [2.24, 2.45) is 0 Å². The third-order valence-corrected chi connectivity index (χ3v) is 3.74. The number of pyridine rings is 1. The number of benzene rings is 1. The van der Waals surface area contributed by atoms with Crippen LogP contribution in [-0.2, 0) is 10.1 Å². The van der Waals surface area contributed by atoms with E-state index in [1.165, 1.54) is 24.5 Å². The number of aromatic nitrogens is 3. The summed E-state index contributed by atoms with van der Waals surface area (Å²) in [6.07, 6.45) is 2.92. The van der Waals surface area contributed by atoms with E-state index in [2.05, 4.69) is 19.4 Å². The summed E-state index contributed by atoms with van der Waals surface area (Å²) in [7, 11) is -5.70. The van der Waals surface area contributed by atoms with Crippen LogP contribution in [0.4, 0.5) is 13.2 Å². The molecule has 0 saturated heterocycles. The molecule has 2 heterocycles. The van der Waals surface area contributed by atoms with Gasteiger partial charge in [-0.2, -0.15) is 26.7 Å². The van der Waals surface area contributed by atoms with Crippen LogP contribution < -0.4 is 4.18 Å². The molecule has 0 aliphatic heterocycles. The van der Waals surface area contributed by atoms with Crippen molar-refractivity contribution >= 4 is 31.9 Å². The smallest absolute Gasteiger partial charge is 0.376 e. The van der Waals surface area contributed by atoms with Gasteiger partial charge in [-0.3, -0.25) is 5.10 Å². The predicted molar refractivity (Wildman–Crippen MR) is 67.0 cm³/mol. The summed E-state index contributed by atoms with van der Waals surface area (Å²) in [6, 6.07) is 3.73. The van der Waals surface area contributed by atoms with Gasteiger partial charge < -0.3 is 4.18 Å². The van der Waals surface area contributed by atoms with Gasteiger partial charge in [0.15, 0.2) is 5.65 Å². The first kappa shape index (κ1) is 13.6. The number of fused-ring (bicyclic) bond motifs is 3. The second-order valence-corrected chi connectivity index (χ2v) is 5.66. The molecule has 0 fully saturated rings. The molecule has 0 atom stereocenters. The fourth-order valence-corrected chi connectivity index (χ4v) is 2.27. The van der Waals surface area contributed by atoms with E-state index in [-0.39, 0.29) is 0 Å². The fraction of sp³-hybridized carbons (Fsp3) is 0.0909. The Morgan fingerprint density at radius 1 is 1.14 bits per heavy atom. The lowest BCUT2D eigenvalue weighted by molar-refractivity contribution is -0.0500. The minimum Gasteiger partial charge on any atom is -0.376 e. The van der Waals surface area contributed by atoms with Crippen molar-refractivity contribution in [3.8, 4) is 5.75 Å². The molecule has 21 heavy (non-hydrogen) atoms. The van der Waals surface area contributed by atoms with E-state index in [1.54, 1.807) is 0 Å². The van der Waals surface area contributed by atoms with Crippen molar-refractivity contribution in [2.45, 2.75) is 5.51 Å². The van der Waals surface area contributed by atoms with Gasteiger partial charge in [0.1, 0.15) is 5.75 Å². The Morgan fingerprint density at radius 3 is 2.62 bits per heavy atom. The Bertz CT molecular complexity index is 934. The molecule has 110 valence electrons. The molecule has 0 radical (unpaired) electrons. The number of alkyl halides is 3. The van der Waals surface area contributed by atoms with Crippen molar-refractivity contribution in [1.82, 2.24) is 15.2 Å². The highest BCUT2D eigenvalue weighted by Crippen LogP contribution is 2.30. The average Bonchev–Trinajstić information content (AvgIpc) is 2.85. The maximum Gasteiger partial charge on any atom is 0.534 e. The number of H-pyrrole nitrogens is 1. The molecule has 1 aromatic carbocycles. The quantitative estimate of drug-likeness (QED) is 0.579. The largest absolute Gasteiger partial charge is 0.534 e. The third kappa shape index (κ3) is 2.27. The Kier molecular flexibility index (Phi) is 2.80. The normalized spacial score (nSPS) is 12.9. The summed E-state index contributed by atoms with van der Waals surface area (Å²) < 4.78 is 63.0. The molecular formula is C11H6F3N3O3S. The van der Waals surface area contributed by atoms with Crippen LogP contribution in [0.15, 0.2) is 30.6 Å². The minimum absolute atomic E-state index is 0.429. The van der Waals surface area contributed by atoms with Gasteiger partial charge in [-0.05, 0) is 23.6 Å². The van der Waals surface area contributed by atoms with E-state index in [0.717, 1.165) is 6.07 Å². The fourth-order valence-electron chi connectivity index (χ4n) is 1.82. The van der Waals surface area contributed by atoms with E-state index in [9.17, 15) is 21.6 Å². The molecule has 6 nitrogen and oxygen atoms in total. The second kappa shape index (κ2) is 4.32. The molecule has 2 aromatic heterocycles. The maximum absolute atomic E-state index is 12.3. The summed E-state index contributed by atoms with van der Waals surface area (Å²) in [5, 5.41) is 8.00. The Labute approximate surface area is 115 Å². The highest BCUT2D eigenvalue weighted by Gasteiger charge is 2.48. The van der Waals surface area contributed by atoms with Gasteiger partial charge in [0.05, 0.1) is 6.20 Å². The van der Waals surface area contributed by atoms with Gasteiger partial charge in [-0.15, -0.1) is 0 Å². The molecule has 0 amide bonds. The zero-order chi connectivity index (χ0) is 15.3. The topological polar surface area (TPSA) is 84.9 Å². The predicted octanol–water partition coefficient (Wildman–Crippen LogP) is 2.34. The first-order valence-corrected chi connectivity index (χ1v) is 6.91. The third-order valence-electron chi connectivity index (χ3n) is 2.76. The number of hydrogen-bond acceptors (Lipinski definition) is 5. The molecule has 10 heteroatoms. The lowest BCUT2D eigenvalue weighted by Gasteiger charge is -2.10.